The van der Waals surface area contributed by atoms with E-state index in [1.54, 1.807) is 0 Å². The highest BCUT2D eigenvalue weighted by Crippen LogP contribution is 2.39. The number of aliphatic hydroxyl groups is 1. The molecule has 5 heterocycles. The lowest BCUT2D eigenvalue weighted by molar-refractivity contribution is -0.0202. The van der Waals surface area contributed by atoms with E-state index in [0.717, 1.165) is 72.7 Å². The molecule has 2 saturated heterocycles. The van der Waals surface area contributed by atoms with Crippen molar-refractivity contribution in [1.29, 1.82) is 0 Å². The molecule has 4 aromatic rings. The fourth-order valence-electron chi connectivity index (χ4n) is 5.46. The third-order valence-electron chi connectivity index (χ3n) is 7.58. The van der Waals surface area contributed by atoms with Crippen LogP contribution in [0.15, 0.2) is 48.9 Å². The van der Waals surface area contributed by atoms with Crippen molar-refractivity contribution in [1.82, 2.24) is 29.3 Å². The molecule has 9 nitrogen and oxygen atoms in total. The molecule has 2 fully saturated rings. The van der Waals surface area contributed by atoms with E-state index in [1.165, 1.54) is 6.33 Å². The van der Waals surface area contributed by atoms with Crippen LogP contribution in [0.1, 0.15) is 37.3 Å². The van der Waals surface area contributed by atoms with Crippen molar-refractivity contribution in [3.05, 3.63) is 54.5 Å². The number of fused-ring (bicyclic) bond motifs is 1. The van der Waals surface area contributed by atoms with Gasteiger partial charge in [0.05, 0.1) is 23.0 Å². The van der Waals surface area contributed by atoms with E-state index < -0.39 is 5.60 Å². The summed E-state index contributed by atoms with van der Waals surface area (Å²) in [5.74, 6) is 0.422. The van der Waals surface area contributed by atoms with Gasteiger partial charge in [0, 0.05) is 43.6 Å². The summed E-state index contributed by atoms with van der Waals surface area (Å²) < 4.78 is 9.51. The van der Waals surface area contributed by atoms with Crippen LogP contribution in [0.25, 0.3) is 28.0 Å². The Balaban J connectivity index is 1.47. The van der Waals surface area contributed by atoms with Crippen LogP contribution in [-0.4, -0.2) is 67.7 Å². The zero-order valence-corrected chi connectivity index (χ0v) is 20.0. The Morgan fingerprint density at radius 2 is 1.86 bits per heavy atom. The number of rotatable bonds is 4. The summed E-state index contributed by atoms with van der Waals surface area (Å²) in [5, 5.41) is 20.6. The number of ether oxygens (including phenoxy) is 1. The minimum atomic E-state index is -0.825. The van der Waals surface area contributed by atoms with Gasteiger partial charge in [-0.2, -0.15) is 10.2 Å². The van der Waals surface area contributed by atoms with Gasteiger partial charge in [-0.25, -0.2) is 9.50 Å². The number of anilines is 1. The van der Waals surface area contributed by atoms with Crippen molar-refractivity contribution in [2.24, 2.45) is 0 Å². The van der Waals surface area contributed by atoms with Gasteiger partial charge >= 0.3 is 0 Å². The van der Waals surface area contributed by atoms with E-state index in [1.807, 2.05) is 28.9 Å². The summed E-state index contributed by atoms with van der Waals surface area (Å²) in [4.78, 5) is 6.54. The molecule has 2 aliphatic heterocycles. The van der Waals surface area contributed by atoms with Gasteiger partial charge in [-0.3, -0.25) is 4.68 Å². The molecule has 0 aliphatic carbocycles. The molecular formula is C26H31N7O2. The molecule has 0 unspecified atom stereocenters. The van der Waals surface area contributed by atoms with Gasteiger partial charge in [-0.1, -0.05) is 18.2 Å². The average molecular weight is 474 g/mol. The summed E-state index contributed by atoms with van der Waals surface area (Å²) in [6.45, 7) is 3.22. The van der Waals surface area contributed by atoms with E-state index in [4.69, 9.17) is 10.5 Å². The Kier molecular flexibility index (Phi) is 5.55. The predicted octanol–water partition coefficient (Wildman–Crippen LogP) is 3.11. The number of aromatic nitrogens is 5. The van der Waals surface area contributed by atoms with Crippen LogP contribution in [-0.2, 0) is 10.3 Å². The molecule has 0 bridgehead atoms. The maximum absolute atomic E-state index is 11.4. The van der Waals surface area contributed by atoms with Crippen LogP contribution in [0.5, 0.6) is 0 Å². The largest absolute Gasteiger partial charge is 0.385 e. The lowest BCUT2D eigenvalue weighted by Crippen LogP contribution is -2.40. The maximum Gasteiger partial charge on any atom is 0.152 e. The topological polar surface area (TPSA) is 107 Å². The van der Waals surface area contributed by atoms with Gasteiger partial charge < -0.3 is 20.5 Å². The number of likely N-dealkylation sites (tertiary alicyclic amines) is 1. The van der Waals surface area contributed by atoms with Gasteiger partial charge in [0.2, 0.25) is 0 Å². The minimum Gasteiger partial charge on any atom is -0.385 e. The Morgan fingerprint density at radius 3 is 2.66 bits per heavy atom. The number of hydrogen-bond donors (Lipinski definition) is 2. The Morgan fingerprint density at radius 1 is 1.06 bits per heavy atom. The first-order valence-electron chi connectivity index (χ1n) is 12.3. The normalized spacial score (nSPS) is 19.4. The molecule has 0 spiro atoms. The summed E-state index contributed by atoms with van der Waals surface area (Å²) in [6, 6.07) is 12.6. The van der Waals surface area contributed by atoms with Crippen molar-refractivity contribution in [2.75, 3.05) is 39.1 Å². The zero-order chi connectivity index (χ0) is 24.0. The molecule has 1 aromatic carbocycles. The molecule has 182 valence electrons. The Hall–Kier alpha value is -3.27. The Labute approximate surface area is 204 Å². The van der Waals surface area contributed by atoms with E-state index in [9.17, 15) is 5.11 Å². The number of benzene rings is 1. The number of hydrogen-bond acceptors (Lipinski definition) is 7. The molecule has 0 amide bonds. The SMILES string of the molecule is CN1CCC(O)(c2cccc(-c3cc(-c4ccnn4C4CCOCC4)c4c(N)ncnn34)c2)CC1. The molecule has 0 saturated carbocycles. The summed E-state index contributed by atoms with van der Waals surface area (Å²) in [7, 11) is 2.10. The molecule has 0 radical (unpaired) electrons. The molecule has 3 aromatic heterocycles. The van der Waals surface area contributed by atoms with E-state index >= 15 is 0 Å². The summed E-state index contributed by atoms with van der Waals surface area (Å²) in [6.07, 6.45) is 6.60. The van der Waals surface area contributed by atoms with E-state index in [-0.39, 0.29) is 6.04 Å². The van der Waals surface area contributed by atoms with Crippen molar-refractivity contribution in [3.63, 3.8) is 0 Å². The predicted molar refractivity (Wildman–Crippen MR) is 134 cm³/mol. The van der Waals surface area contributed by atoms with Crippen LogP contribution in [0.2, 0.25) is 0 Å². The van der Waals surface area contributed by atoms with Crippen LogP contribution >= 0.6 is 0 Å². The van der Waals surface area contributed by atoms with E-state index in [2.05, 4.69) is 50.0 Å². The summed E-state index contributed by atoms with van der Waals surface area (Å²) in [5.41, 5.74) is 11.1. The second kappa shape index (κ2) is 8.75. The van der Waals surface area contributed by atoms with Gasteiger partial charge in [0.25, 0.3) is 0 Å². The second-order valence-corrected chi connectivity index (χ2v) is 9.77. The van der Waals surface area contributed by atoms with Gasteiger partial charge in [-0.15, -0.1) is 0 Å². The van der Waals surface area contributed by atoms with Crippen molar-refractivity contribution < 1.29 is 9.84 Å². The molecule has 35 heavy (non-hydrogen) atoms. The summed E-state index contributed by atoms with van der Waals surface area (Å²) >= 11 is 0. The van der Waals surface area contributed by atoms with Crippen LogP contribution in [0, 0.1) is 0 Å². The number of nitrogens with zero attached hydrogens (tertiary/aromatic N) is 6. The van der Waals surface area contributed by atoms with Gasteiger partial charge in [0.1, 0.15) is 11.8 Å². The third kappa shape index (κ3) is 3.89. The van der Waals surface area contributed by atoms with Crippen LogP contribution < -0.4 is 5.73 Å². The maximum atomic E-state index is 11.4. The standard InChI is InChI=1S/C26H31N7O2/c1-31-11-8-26(34,9-12-31)19-4-2-3-18(15-19)23-16-21(24-25(27)28-17-30-33(23)24)22-5-10-29-32(22)20-6-13-35-14-7-20/h2-5,10,15-17,20,34H,6-9,11-14H2,1H3,(H2,27,28,30). The first-order valence-corrected chi connectivity index (χ1v) is 12.3. The second-order valence-electron chi connectivity index (χ2n) is 9.77. The monoisotopic (exact) mass is 473 g/mol. The van der Waals surface area contributed by atoms with Crippen molar-refractivity contribution >= 4 is 11.3 Å². The first-order chi connectivity index (χ1) is 17.0. The molecule has 0 atom stereocenters. The zero-order valence-electron chi connectivity index (χ0n) is 20.0. The third-order valence-corrected chi connectivity index (χ3v) is 7.58. The number of nitrogen functional groups attached to an aromatic ring is 1. The quantitative estimate of drug-likeness (QED) is 0.469. The number of nitrogens with two attached hydrogens (primary N) is 1. The van der Waals surface area contributed by atoms with Crippen molar-refractivity contribution in [3.8, 4) is 22.5 Å². The fourth-order valence-corrected chi connectivity index (χ4v) is 5.46. The molecule has 6 rings (SSSR count). The smallest absolute Gasteiger partial charge is 0.152 e. The van der Waals surface area contributed by atoms with Crippen LogP contribution in [0.4, 0.5) is 5.82 Å². The lowest BCUT2D eigenvalue weighted by atomic mass is 9.84. The molecule has 9 heteroatoms. The highest BCUT2D eigenvalue weighted by molar-refractivity contribution is 5.91. The Bertz CT molecular complexity index is 1350. The fraction of sp³-hybridized carbons (Fsp3) is 0.423. The number of piperidine rings is 1. The van der Waals surface area contributed by atoms with Crippen LogP contribution in [0.3, 0.4) is 0 Å². The van der Waals surface area contributed by atoms with E-state index in [0.29, 0.717) is 18.7 Å². The van der Waals surface area contributed by atoms with Gasteiger partial charge in [-0.05, 0) is 56.5 Å². The van der Waals surface area contributed by atoms with Crippen molar-refractivity contribution in [2.45, 2.75) is 37.3 Å². The molecule has 3 N–H and O–H groups in total. The lowest BCUT2D eigenvalue weighted by Gasteiger charge is -2.37. The average Bonchev–Trinajstić information content (AvgIpc) is 3.52. The molecular weight excluding hydrogens is 442 g/mol. The first kappa shape index (κ1) is 22.2. The minimum absolute atomic E-state index is 0.278. The highest BCUT2D eigenvalue weighted by Gasteiger charge is 2.33. The molecule has 2 aliphatic rings. The van der Waals surface area contributed by atoms with Gasteiger partial charge in [0.15, 0.2) is 5.82 Å². The highest BCUT2D eigenvalue weighted by atomic mass is 16.5.